The summed E-state index contributed by atoms with van der Waals surface area (Å²) in [6.07, 6.45) is 0. The number of carbonyl (C=O) groups excluding carboxylic acids is 1. The largest absolute Gasteiger partial charge is 0.465 e. The van der Waals surface area contributed by atoms with Crippen molar-refractivity contribution in [2.24, 2.45) is 0 Å². The van der Waals surface area contributed by atoms with Gasteiger partial charge >= 0.3 is 5.97 Å². The van der Waals surface area contributed by atoms with Gasteiger partial charge in [0.2, 0.25) is 5.95 Å². The third kappa shape index (κ3) is 1.22. The van der Waals surface area contributed by atoms with Gasteiger partial charge < -0.3 is 4.74 Å². The van der Waals surface area contributed by atoms with Crippen LogP contribution in [0.2, 0.25) is 0 Å². The molecular formula is C9H7FN2O2. The number of methoxy groups -OCH3 is 1. The summed E-state index contributed by atoms with van der Waals surface area (Å²) >= 11 is 0. The van der Waals surface area contributed by atoms with Crippen LogP contribution < -0.4 is 0 Å². The van der Waals surface area contributed by atoms with Gasteiger partial charge in [0.25, 0.3) is 0 Å². The lowest BCUT2D eigenvalue weighted by molar-refractivity contribution is 0.0601. The average Bonchev–Trinajstić information content (AvgIpc) is 2.59. The first kappa shape index (κ1) is 8.68. The van der Waals surface area contributed by atoms with Crippen molar-refractivity contribution in [2.75, 3.05) is 7.11 Å². The predicted octanol–water partition coefficient (Wildman–Crippen LogP) is 1.49. The Hall–Kier alpha value is -1.91. The summed E-state index contributed by atoms with van der Waals surface area (Å²) in [6, 6.07) is 4.53. The number of nitrogens with one attached hydrogen (secondary N) is 1. The van der Waals surface area contributed by atoms with Gasteiger partial charge in [-0.2, -0.15) is 4.39 Å². The van der Waals surface area contributed by atoms with E-state index in [0.29, 0.717) is 11.1 Å². The third-order valence-corrected chi connectivity index (χ3v) is 1.94. The molecule has 0 bridgehead atoms. The number of hydrogen-bond acceptors (Lipinski definition) is 3. The SMILES string of the molecule is COC(=O)c1ccc2[nH]nc(F)c2c1. The van der Waals surface area contributed by atoms with Crippen LogP contribution in [0.15, 0.2) is 18.2 Å². The van der Waals surface area contributed by atoms with Crippen LogP contribution in [0.1, 0.15) is 10.4 Å². The standard InChI is InChI=1S/C9H7FN2O2/c1-14-9(13)5-2-3-7-6(4-5)8(10)12-11-7/h2-4H,1H3,(H,11,12). The molecule has 5 heteroatoms. The zero-order valence-electron chi connectivity index (χ0n) is 7.37. The molecule has 0 saturated carbocycles. The minimum atomic E-state index is -0.620. The molecule has 0 radical (unpaired) electrons. The van der Waals surface area contributed by atoms with Gasteiger partial charge in [-0.3, -0.25) is 5.10 Å². The normalized spacial score (nSPS) is 10.4. The number of carbonyl (C=O) groups is 1. The lowest BCUT2D eigenvalue weighted by Gasteiger charge is -1.97. The summed E-state index contributed by atoms with van der Waals surface area (Å²) in [4.78, 5) is 11.1. The molecule has 2 rings (SSSR count). The van der Waals surface area contributed by atoms with Gasteiger partial charge in [0.05, 0.1) is 23.6 Å². The maximum atomic E-state index is 13.0. The Morgan fingerprint density at radius 2 is 2.36 bits per heavy atom. The molecule has 0 saturated heterocycles. The molecule has 0 spiro atoms. The molecule has 0 aliphatic carbocycles. The highest BCUT2D eigenvalue weighted by Gasteiger charge is 2.09. The number of rotatable bonds is 1. The molecule has 2 aromatic rings. The van der Waals surface area contributed by atoms with E-state index in [0.717, 1.165) is 0 Å². The Bertz CT molecular complexity index is 493. The van der Waals surface area contributed by atoms with Crippen LogP contribution in [0.25, 0.3) is 10.9 Å². The summed E-state index contributed by atoms with van der Waals surface area (Å²) in [5, 5.41) is 6.16. The van der Waals surface area contributed by atoms with Gasteiger partial charge in [-0.1, -0.05) is 0 Å². The van der Waals surface area contributed by atoms with E-state index >= 15 is 0 Å². The first-order valence-corrected chi connectivity index (χ1v) is 3.94. The molecule has 72 valence electrons. The van der Waals surface area contributed by atoms with Crippen molar-refractivity contribution >= 4 is 16.9 Å². The topological polar surface area (TPSA) is 55.0 Å². The summed E-state index contributed by atoms with van der Waals surface area (Å²) in [5.41, 5.74) is 0.857. The number of halogens is 1. The van der Waals surface area contributed by atoms with Crippen molar-refractivity contribution in [1.29, 1.82) is 0 Å². The number of aromatic amines is 1. The van der Waals surface area contributed by atoms with E-state index in [-0.39, 0.29) is 5.39 Å². The molecular weight excluding hydrogens is 187 g/mol. The van der Waals surface area contributed by atoms with Crippen molar-refractivity contribution in [3.63, 3.8) is 0 Å². The zero-order chi connectivity index (χ0) is 10.1. The minimum absolute atomic E-state index is 0.285. The van der Waals surface area contributed by atoms with Gasteiger partial charge in [0, 0.05) is 0 Å². The number of ether oxygens (including phenoxy) is 1. The first-order valence-electron chi connectivity index (χ1n) is 3.94. The minimum Gasteiger partial charge on any atom is -0.465 e. The van der Waals surface area contributed by atoms with Crippen LogP contribution in [0, 0.1) is 5.95 Å². The Balaban J connectivity index is 2.60. The van der Waals surface area contributed by atoms with E-state index < -0.39 is 11.9 Å². The molecule has 1 aromatic carbocycles. The fourth-order valence-corrected chi connectivity index (χ4v) is 1.23. The Morgan fingerprint density at radius 1 is 1.57 bits per heavy atom. The van der Waals surface area contributed by atoms with Crippen LogP contribution in [-0.4, -0.2) is 23.3 Å². The maximum absolute atomic E-state index is 13.0. The monoisotopic (exact) mass is 194 g/mol. The number of H-pyrrole nitrogens is 1. The van der Waals surface area contributed by atoms with Crippen molar-refractivity contribution in [3.05, 3.63) is 29.7 Å². The Labute approximate surface area is 78.7 Å². The molecule has 0 amide bonds. The molecule has 4 nitrogen and oxygen atoms in total. The molecule has 0 aliphatic heterocycles. The van der Waals surface area contributed by atoms with Gasteiger partial charge in [0.15, 0.2) is 0 Å². The average molecular weight is 194 g/mol. The summed E-state index contributed by atoms with van der Waals surface area (Å²) in [5.74, 6) is -1.11. The number of aromatic nitrogens is 2. The van der Waals surface area contributed by atoms with Crippen LogP contribution in [0.5, 0.6) is 0 Å². The smallest absolute Gasteiger partial charge is 0.337 e. The zero-order valence-corrected chi connectivity index (χ0v) is 7.37. The van der Waals surface area contributed by atoms with Crippen LogP contribution in [0.4, 0.5) is 4.39 Å². The van der Waals surface area contributed by atoms with E-state index in [2.05, 4.69) is 14.9 Å². The molecule has 14 heavy (non-hydrogen) atoms. The van der Waals surface area contributed by atoms with Crippen molar-refractivity contribution in [1.82, 2.24) is 10.2 Å². The molecule has 1 aromatic heterocycles. The summed E-state index contributed by atoms with van der Waals surface area (Å²) in [7, 11) is 1.28. The van der Waals surface area contributed by atoms with Crippen LogP contribution in [-0.2, 0) is 4.74 Å². The summed E-state index contributed by atoms with van der Waals surface area (Å²) in [6.45, 7) is 0. The van der Waals surface area contributed by atoms with Gasteiger partial charge in [-0.05, 0) is 18.2 Å². The summed E-state index contributed by atoms with van der Waals surface area (Å²) < 4.78 is 17.5. The molecule has 1 heterocycles. The lowest BCUT2D eigenvalue weighted by Crippen LogP contribution is -2.00. The highest BCUT2D eigenvalue weighted by atomic mass is 19.1. The Morgan fingerprint density at radius 3 is 3.07 bits per heavy atom. The number of esters is 1. The van der Waals surface area contributed by atoms with Crippen molar-refractivity contribution < 1.29 is 13.9 Å². The van der Waals surface area contributed by atoms with Crippen LogP contribution >= 0.6 is 0 Å². The van der Waals surface area contributed by atoms with E-state index in [9.17, 15) is 9.18 Å². The second-order valence-corrected chi connectivity index (χ2v) is 2.77. The quantitative estimate of drug-likeness (QED) is 0.699. The second kappa shape index (κ2) is 3.10. The van der Waals surface area contributed by atoms with E-state index in [1.54, 1.807) is 12.1 Å². The highest BCUT2D eigenvalue weighted by Crippen LogP contribution is 2.16. The van der Waals surface area contributed by atoms with E-state index in [1.165, 1.54) is 13.2 Å². The fourth-order valence-electron chi connectivity index (χ4n) is 1.23. The van der Waals surface area contributed by atoms with Gasteiger partial charge in [-0.15, -0.1) is 5.10 Å². The Kier molecular flexibility index (Phi) is 1.92. The van der Waals surface area contributed by atoms with Crippen LogP contribution in [0.3, 0.4) is 0 Å². The molecule has 0 fully saturated rings. The van der Waals surface area contributed by atoms with Gasteiger partial charge in [0.1, 0.15) is 0 Å². The second-order valence-electron chi connectivity index (χ2n) is 2.77. The molecule has 0 unspecified atom stereocenters. The van der Waals surface area contributed by atoms with E-state index in [1.807, 2.05) is 0 Å². The lowest BCUT2D eigenvalue weighted by atomic mass is 10.1. The van der Waals surface area contributed by atoms with Crippen molar-refractivity contribution in [3.8, 4) is 0 Å². The number of fused-ring (bicyclic) bond motifs is 1. The number of hydrogen-bond donors (Lipinski definition) is 1. The maximum Gasteiger partial charge on any atom is 0.337 e. The highest BCUT2D eigenvalue weighted by molar-refractivity contribution is 5.94. The molecule has 1 N–H and O–H groups in total. The third-order valence-electron chi connectivity index (χ3n) is 1.94. The number of nitrogens with zero attached hydrogens (tertiary/aromatic N) is 1. The molecule has 0 atom stereocenters. The first-order chi connectivity index (χ1) is 6.72. The van der Waals surface area contributed by atoms with Crippen molar-refractivity contribution in [2.45, 2.75) is 0 Å². The molecule has 0 aliphatic rings. The fraction of sp³-hybridized carbons (Fsp3) is 0.111. The predicted molar refractivity (Wildman–Crippen MR) is 47.4 cm³/mol. The number of benzene rings is 1. The van der Waals surface area contributed by atoms with Gasteiger partial charge in [-0.25, -0.2) is 4.79 Å². The van der Waals surface area contributed by atoms with E-state index in [4.69, 9.17) is 0 Å².